The zero-order valence-electron chi connectivity index (χ0n) is 19.4. The zero-order valence-corrected chi connectivity index (χ0v) is 19.4. The summed E-state index contributed by atoms with van der Waals surface area (Å²) < 4.78 is 19.6. The maximum atomic E-state index is 6.25. The van der Waals surface area contributed by atoms with E-state index in [0.717, 1.165) is 61.1 Å². The highest BCUT2D eigenvalue weighted by Crippen LogP contribution is 2.32. The molecule has 1 aliphatic heterocycles. The van der Waals surface area contributed by atoms with E-state index in [1.54, 1.807) is 7.11 Å². The number of morpholine rings is 1. The Bertz CT molecular complexity index is 907. The summed E-state index contributed by atoms with van der Waals surface area (Å²) in [6.45, 7) is 5.69. The molecule has 2 aliphatic rings. The summed E-state index contributed by atoms with van der Waals surface area (Å²) in [4.78, 5) is 7.20. The Balaban J connectivity index is 1.46. The fourth-order valence-corrected chi connectivity index (χ4v) is 4.34. The van der Waals surface area contributed by atoms with E-state index in [9.17, 15) is 0 Å². The molecule has 1 saturated heterocycles. The Morgan fingerprint density at radius 2 is 2.12 bits per heavy atom. The lowest BCUT2D eigenvalue weighted by atomic mass is 10.1. The van der Waals surface area contributed by atoms with Crippen molar-refractivity contribution in [2.24, 2.45) is 12.0 Å². The van der Waals surface area contributed by atoms with E-state index in [1.165, 1.54) is 12.8 Å². The number of hydrogen-bond donors (Lipinski definition) is 1. The van der Waals surface area contributed by atoms with Crippen LogP contribution in [-0.2, 0) is 18.3 Å². The number of nitrogens with zero attached hydrogens (tertiary/aromatic N) is 4. The summed E-state index contributed by atoms with van der Waals surface area (Å²) in [5, 5.41) is 7.72. The van der Waals surface area contributed by atoms with Gasteiger partial charge in [-0.3, -0.25) is 4.68 Å². The van der Waals surface area contributed by atoms with Crippen LogP contribution in [0.2, 0.25) is 0 Å². The van der Waals surface area contributed by atoms with Crippen LogP contribution in [0.15, 0.2) is 35.6 Å². The lowest BCUT2D eigenvalue weighted by Gasteiger charge is -2.34. The van der Waals surface area contributed by atoms with Gasteiger partial charge in [0.15, 0.2) is 17.5 Å². The number of nitrogens with one attached hydrogen (secondary N) is 1. The van der Waals surface area contributed by atoms with Gasteiger partial charge in [-0.05, 0) is 50.3 Å². The van der Waals surface area contributed by atoms with Crippen LogP contribution in [0, 0.1) is 0 Å². The standard InChI is InChI=1S/C24H35N5O3/c1-4-25-24(29-11-12-31-23(17-29)19-15-27-28(2)16-19)26-14-18-9-10-21(30-3)22(13-18)32-20-7-5-6-8-20/h9-10,13,15-16,20,23H,4-8,11-12,14,17H2,1-3H3,(H,25,26). The molecule has 1 unspecified atom stereocenters. The number of aromatic nitrogens is 2. The van der Waals surface area contributed by atoms with Crippen molar-refractivity contribution in [2.45, 2.75) is 51.4 Å². The third kappa shape index (κ3) is 5.54. The number of guanidine groups is 1. The average Bonchev–Trinajstić information content (AvgIpc) is 3.49. The normalized spacial score (nSPS) is 19.9. The van der Waals surface area contributed by atoms with Crippen molar-refractivity contribution in [1.29, 1.82) is 0 Å². The minimum Gasteiger partial charge on any atom is -0.493 e. The van der Waals surface area contributed by atoms with Gasteiger partial charge in [0.25, 0.3) is 0 Å². The van der Waals surface area contributed by atoms with Crippen molar-refractivity contribution >= 4 is 5.96 Å². The van der Waals surface area contributed by atoms with Crippen LogP contribution in [0.3, 0.4) is 0 Å². The van der Waals surface area contributed by atoms with E-state index < -0.39 is 0 Å². The van der Waals surface area contributed by atoms with Crippen molar-refractivity contribution in [2.75, 3.05) is 33.4 Å². The Morgan fingerprint density at radius 3 is 2.84 bits per heavy atom. The van der Waals surface area contributed by atoms with Gasteiger partial charge < -0.3 is 24.4 Å². The molecule has 174 valence electrons. The summed E-state index contributed by atoms with van der Waals surface area (Å²) in [5.41, 5.74) is 2.20. The number of methoxy groups -OCH3 is 1. The third-order valence-corrected chi connectivity index (χ3v) is 6.03. The molecule has 0 radical (unpaired) electrons. The van der Waals surface area contributed by atoms with E-state index in [4.69, 9.17) is 19.2 Å². The van der Waals surface area contributed by atoms with Gasteiger partial charge in [-0.2, -0.15) is 5.10 Å². The first-order valence-corrected chi connectivity index (χ1v) is 11.6. The molecule has 8 nitrogen and oxygen atoms in total. The smallest absolute Gasteiger partial charge is 0.194 e. The molecule has 2 heterocycles. The summed E-state index contributed by atoms with van der Waals surface area (Å²) in [7, 11) is 3.62. The van der Waals surface area contributed by atoms with Gasteiger partial charge in [0, 0.05) is 31.9 Å². The number of ether oxygens (including phenoxy) is 3. The molecule has 0 spiro atoms. The van der Waals surface area contributed by atoms with E-state index in [1.807, 2.05) is 30.2 Å². The van der Waals surface area contributed by atoms with Gasteiger partial charge >= 0.3 is 0 Å². The largest absolute Gasteiger partial charge is 0.493 e. The van der Waals surface area contributed by atoms with Gasteiger partial charge in [0.05, 0.1) is 39.1 Å². The van der Waals surface area contributed by atoms with Gasteiger partial charge in [-0.15, -0.1) is 0 Å². The summed E-state index contributed by atoms with van der Waals surface area (Å²) in [6.07, 6.45) is 8.89. The van der Waals surface area contributed by atoms with Crippen molar-refractivity contribution in [3.05, 3.63) is 41.7 Å². The Hall–Kier alpha value is -2.74. The highest BCUT2D eigenvalue weighted by molar-refractivity contribution is 5.80. The highest BCUT2D eigenvalue weighted by Gasteiger charge is 2.25. The molecule has 4 rings (SSSR count). The molecule has 0 amide bonds. The van der Waals surface area contributed by atoms with E-state index in [0.29, 0.717) is 13.2 Å². The van der Waals surface area contributed by atoms with Crippen LogP contribution < -0.4 is 14.8 Å². The van der Waals surface area contributed by atoms with Crippen molar-refractivity contribution < 1.29 is 14.2 Å². The fourth-order valence-electron chi connectivity index (χ4n) is 4.34. The molecule has 1 aliphatic carbocycles. The minimum absolute atomic E-state index is 0.00583. The molecule has 1 aromatic heterocycles. The van der Waals surface area contributed by atoms with Crippen LogP contribution in [0.4, 0.5) is 0 Å². The van der Waals surface area contributed by atoms with Crippen LogP contribution in [0.25, 0.3) is 0 Å². The van der Waals surface area contributed by atoms with Crippen LogP contribution in [-0.4, -0.2) is 60.1 Å². The van der Waals surface area contributed by atoms with Crippen molar-refractivity contribution in [1.82, 2.24) is 20.0 Å². The van der Waals surface area contributed by atoms with Crippen molar-refractivity contribution in [3.8, 4) is 11.5 Å². The fraction of sp³-hybridized carbons (Fsp3) is 0.583. The molecule has 2 aromatic rings. The van der Waals surface area contributed by atoms with Crippen LogP contribution >= 0.6 is 0 Å². The van der Waals surface area contributed by atoms with Gasteiger partial charge in [0.2, 0.25) is 0 Å². The minimum atomic E-state index is -0.00583. The van der Waals surface area contributed by atoms with Crippen LogP contribution in [0.5, 0.6) is 11.5 Å². The Morgan fingerprint density at radius 1 is 1.28 bits per heavy atom. The molecular weight excluding hydrogens is 406 g/mol. The van der Waals surface area contributed by atoms with Crippen molar-refractivity contribution in [3.63, 3.8) is 0 Å². The first-order chi connectivity index (χ1) is 15.7. The topological polar surface area (TPSA) is 73.1 Å². The molecule has 8 heteroatoms. The van der Waals surface area contributed by atoms with E-state index in [2.05, 4.69) is 34.4 Å². The second kappa shape index (κ2) is 10.7. The Labute approximate surface area is 190 Å². The maximum Gasteiger partial charge on any atom is 0.194 e. The average molecular weight is 442 g/mol. The third-order valence-electron chi connectivity index (χ3n) is 6.03. The molecule has 2 fully saturated rings. The first kappa shape index (κ1) is 22.5. The van der Waals surface area contributed by atoms with Gasteiger partial charge in [-0.25, -0.2) is 4.99 Å². The number of aliphatic imine (C=N–C) groups is 1. The summed E-state index contributed by atoms with van der Waals surface area (Å²) >= 11 is 0. The van der Waals surface area contributed by atoms with Gasteiger partial charge in [-0.1, -0.05) is 6.07 Å². The molecule has 32 heavy (non-hydrogen) atoms. The van der Waals surface area contributed by atoms with E-state index in [-0.39, 0.29) is 12.2 Å². The number of aryl methyl sites for hydroxylation is 1. The highest BCUT2D eigenvalue weighted by atomic mass is 16.5. The number of rotatable bonds is 7. The van der Waals surface area contributed by atoms with Crippen LogP contribution in [0.1, 0.15) is 49.8 Å². The second-order valence-electron chi connectivity index (χ2n) is 8.43. The number of benzene rings is 1. The lowest BCUT2D eigenvalue weighted by Crippen LogP contribution is -2.48. The second-order valence-corrected chi connectivity index (χ2v) is 8.43. The predicted octanol–water partition coefficient (Wildman–Crippen LogP) is 3.29. The quantitative estimate of drug-likeness (QED) is 0.525. The predicted molar refractivity (Wildman–Crippen MR) is 124 cm³/mol. The van der Waals surface area contributed by atoms with E-state index >= 15 is 0 Å². The SMILES string of the molecule is CCNC(=NCc1ccc(OC)c(OC2CCCC2)c1)N1CCOC(c2cnn(C)c2)C1. The Kier molecular flexibility index (Phi) is 7.52. The monoisotopic (exact) mass is 441 g/mol. The van der Waals surface area contributed by atoms with Gasteiger partial charge in [0.1, 0.15) is 6.10 Å². The zero-order chi connectivity index (χ0) is 22.3. The lowest BCUT2D eigenvalue weighted by molar-refractivity contribution is -0.00805. The summed E-state index contributed by atoms with van der Waals surface area (Å²) in [6, 6.07) is 6.11. The summed E-state index contributed by atoms with van der Waals surface area (Å²) in [5.74, 6) is 2.50. The molecule has 1 aromatic carbocycles. The molecule has 0 bridgehead atoms. The molecule has 1 saturated carbocycles. The maximum absolute atomic E-state index is 6.25. The first-order valence-electron chi connectivity index (χ1n) is 11.6. The molecule has 1 atom stereocenters. The molecular formula is C24H35N5O3. The number of hydrogen-bond acceptors (Lipinski definition) is 5. The molecule has 1 N–H and O–H groups in total.